The average Bonchev–Trinajstić information content (AvgIpc) is 1.53. The molecule has 2 spiro atoms. The van der Waals surface area contributed by atoms with Gasteiger partial charge in [-0.05, 0) is 208 Å². The number of fused-ring (bicyclic) bond motifs is 20. The second-order valence-electron chi connectivity index (χ2n) is 32.9. The first-order valence-corrected chi connectivity index (χ1v) is 42.1. The number of aromatic nitrogens is 4. The van der Waals surface area contributed by atoms with Crippen LogP contribution >= 0.6 is 0 Å². The van der Waals surface area contributed by atoms with Gasteiger partial charge >= 0.3 is 0 Å². The van der Waals surface area contributed by atoms with Crippen molar-refractivity contribution in [1.82, 2.24) is 19.9 Å². The maximum atomic E-state index is 7.26. The summed E-state index contributed by atoms with van der Waals surface area (Å²) in [5, 5.41) is 4.82. The fraction of sp³-hybridized carbons (Fsp3) is 0.0609. The number of ether oxygens (including phenoxy) is 2. The van der Waals surface area contributed by atoms with Gasteiger partial charge in [-0.25, -0.2) is 19.9 Å². The van der Waals surface area contributed by atoms with Crippen LogP contribution in [0.4, 0.5) is 0 Å². The zero-order valence-electron chi connectivity index (χ0n) is 66.4. The minimum atomic E-state index is -0.742. The molecule has 4 heterocycles. The first-order valence-electron chi connectivity index (χ1n) is 42.1. The molecule has 0 saturated heterocycles. The molecule has 0 bridgehead atoms. The third-order valence-corrected chi connectivity index (χ3v) is 26.1. The molecule has 16 aromatic carbocycles. The molecule has 0 N–H and O–H groups in total. The summed E-state index contributed by atoms with van der Waals surface area (Å²) < 4.78 is 14.4. The van der Waals surface area contributed by atoms with Gasteiger partial charge in [-0.15, -0.1) is 0 Å². The molecule has 0 saturated carbocycles. The van der Waals surface area contributed by atoms with Gasteiger partial charge < -0.3 is 9.47 Å². The lowest BCUT2D eigenvalue weighted by atomic mass is 9.64. The molecule has 121 heavy (non-hydrogen) atoms. The van der Waals surface area contributed by atoms with Gasteiger partial charge in [-0.1, -0.05) is 347 Å². The SMILES string of the molecule is CC1C=CC(c2ccc3c(c2)Oc2ccccc2C32C3=C(C=CCC3)c3ccccc32)=C(c2nc(-c3cccc(-c4ccccc4)c3)cc(-c3cccc(-c4cccc(-c5cccc6c5-c5ccccc5C65c6ccccc6Oc6cc(-c7ccccc7-c7nc(-c8ccccc8)cc(-c8ccc9c(ccc%10ccccc%109)c8)n7)ccc65)c4)c3)n2)C1. The number of nitrogens with zero attached hydrogens (tertiary/aromatic N) is 4. The molecule has 0 radical (unpaired) electrons. The average molecular weight is 1550 g/mol. The van der Waals surface area contributed by atoms with E-state index in [4.69, 9.17) is 29.4 Å². The Morgan fingerprint density at radius 2 is 0.744 bits per heavy atom. The summed E-state index contributed by atoms with van der Waals surface area (Å²) in [5.41, 5.74) is 33.9. The molecule has 6 aliphatic rings. The Kier molecular flexibility index (Phi) is 16.2. The van der Waals surface area contributed by atoms with E-state index < -0.39 is 10.8 Å². The molecule has 18 aromatic rings. The minimum absolute atomic E-state index is 0.235. The van der Waals surface area contributed by atoms with Gasteiger partial charge in [-0.2, -0.15) is 0 Å². The van der Waals surface area contributed by atoms with E-state index in [9.17, 15) is 0 Å². The van der Waals surface area contributed by atoms with E-state index in [2.05, 4.69) is 401 Å². The summed E-state index contributed by atoms with van der Waals surface area (Å²) in [4.78, 5) is 22.3. The molecule has 24 rings (SSSR count). The summed E-state index contributed by atoms with van der Waals surface area (Å²) >= 11 is 0. The van der Waals surface area contributed by atoms with E-state index in [1.165, 1.54) is 71.8 Å². The Morgan fingerprint density at radius 1 is 0.281 bits per heavy atom. The van der Waals surface area contributed by atoms with Gasteiger partial charge in [0.2, 0.25) is 0 Å². The van der Waals surface area contributed by atoms with E-state index >= 15 is 0 Å². The van der Waals surface area contributed by atoms with Crippen LogP contribution in [-0.4, -0.2) is 19.9 Å². The van der Waals surface area contributed by atoms with Crippen molar-refractivity contribution >= 4 is 38.3 Å². The van der Waals surface area contributed by atoms with Crippen LogP contribution in [0.3, 0.4) is 0 Å². The number of allylic oxidation sites excluding steroid dienone is 8. The van der Waals surface area contributed by atoms with Crippen molar-refractivity contribution < 1.29 is 9.47 Å². The van der Waals surface area contributed by atoms with E-state index in [-0.39, 0.29) is 5.92 Å². The smallest absolute Gasteiger partial charge is 0.161 e. The van der Waals surface area contributed by atoms with E-state index in [1.807, 2.05) is 6.07 Å². The molecule has 3 atom stereocenters. The van der Waals surface area contributed by atoms with Gasteiger partial charge in [-0.3, -0.25) is 0 Å². The molecule has 6 heteroatoms. The van der Waals surface area contributed by atoms with Crippen LogP contribution in [-0.2, 0) is 10.8 Å². The van der Waals surface area contributed by atoms with E-state index in [0.29, 0.717) is 11.6 Å². The second-order valence-corrected chi connectivity index (χ2v) is 32.9. The first-order chi connectivity index (χ1) is 59.8. The Hall–Kier alpha value is -15.2. The van der Waals surface area contributed by atoms with Crippen LogP contribution in [0, 0.1) is 5.92 Å². The monoisotopic (exact) mass is 1540 g/mol. The number of hydrogen-bond acceptors (Lipinski definition) is 6. The molecular weight excluding hydrogens is 1470 g/mol. The van der Waals surface area contributed by atoms with Gasteiger partial charge in [0.25, 0.3) is 0 Å². The molecule has 568 valence electrons. The van der Waals surface area contributed by atoms with Crippen molar-refractivity contribution in [3.63, 3.8) is 0 Å². The van der Waals surface area contributed by atoms with Crippen LogP contribution in [0.1, 0.15) is 82.1 Å². The Labute approximate surface area is 702 Å². The normalized spacial score (nSPS) is 16.7. The van der Waals surface area contributed by atoms with Gasteiger partial charge in [0, 0.05) is 55.6 Å². The molecule has 3 unspecified atom stereocenters. The lowest BCUT2D eigenvalue weighted by Crippen LogP contribution is -2.33. The van der Waals surface area contributed by atoms with Crippen molar-refractivity contribution in [3.05, 3.63) is 462 Å². The molecule has 4 aliphatic carbocycles. The number of rotatable bonds is 11. The fourth-order valence-electron chi connectivity index (χ4n) is 20.7. The van der Waals surface area contributed by atoms with Crippen molar-refractivity contribution in [2.24, 2.45) is 5.92 Å². The van der Waals surface area contributed by atoms with Crippen molar-refractivity contribution in [2.75, 3.05) is 0 Å². The quantitative estimate of drug-likeness (QED) is 0.120. The Balaban J connectivity index is 0.609. The highest BCUT2D eigenvalue weighted by atomic mass is 16.5. The predicted molar refractivity (Wildman–Crippen MR) is 493 cm³/mol. The third-order valence-electron chi connectivity index (χ3n) is 26.1. The largest absolute Gasteiger partial charge is 0.457 e. The summed E-state index contributed by atoms with van der Waals surface area (Å²) in [7, 11) is 0. The van der Waals surface area contributed by atoms with Crippen LogP contribution in [0.25, 0.3) is 150 Å². The van der Waals surface area contributed by atoms with Crippen molar-refractivity contribution in [3.8, 4) is 135 Å². The van der Waals surface area contributed by atoms with E-state index in [0.717, 1.165) is 171 Å². The summed E-state index contributed by atoms with van der Waals surface area (Å²) in [6, 6.07) is 137. The molecule has 0 amide bonds. The molecular formula is C115H76N4O2. The highest BCUT2D eigenvalue weighted by Gasteiger charge is 2.54. The number of para-hydroxylation sites is 2. The van der Waals surface area contributed by atoms with Crippen LogP contribution in [0.15, 0.2) is 406 Å². The highest BCUT2D eigenvalue weighted by Crippen LogP contribution is 2.66. The maximum absolute atomic E-state index is 7.26. The maximum Gasteiger partial charge on any atom is 0.161 e. The molecule has 2 aromatic heterocycles. The lowest BCUT2D eigenvalue weighted by molar-refractivity contribution is 0.431. The Bertz CT molecular complexity index is 7530. The van der Waals surface area contributed by atoms with Gasteiger partial charge in [0.1, 0.15) is 23.0 Å². The molecule has 2 aliphatic heterocycles. The fourth-order valence-corrected chi connectivity index (χ4v) is 20.7. The summed E-state index contributed by atoms with van der Waals surface area (Å²) in [6.45, 7) is 2.30. The Morgan fingerprint density at radius 3 is 1.46 bits per heavy atom. The summed E-state index contributed by atoms with van der Waals surface area (Å²) in [5.74, 6) is 4.97. The number of hydrogen-bond donors (Lipinski definition) is 0. The standard InChI is InChI=1S/C115H76N4O2/c1-71-52-58-88(81-57-60-100-109(68-81)120-107-50-20-18-47-98(107)114(100)95-44-15-12-39-90(95)91-40-13-16-45-96(91)114)94(62-71)113-118-104(82-35-23-31-75(64-82)72-26-4-2-5-27-72)70-105(119-113)83-36-24-33-77(65-83)76-32-22-34-78(63-76)89-43-25-49-102-111(89)93-42-14-17-46-97(93)115(102)99-48-19-21-51-108(99)121-110-67-80(56-61-101(110)115)86-38-10-11-41-92(86)112-116-103(74-29-6-3-7-30-74)69-106(117-112)84-55-59-87-79(66-84)54-53-73-28-8-9-37-85(73)87/h2-15,17-44,46-61,63-71H,16,45,62H2,1H3. The molecule has 0 fully saturated rings. The van der Waals surface area contributed by atoms with Crippen LogP contribution in [0.2, 0.25) is 0 Å². The highest BCUT2D eigenvalue weighted by molar-refractivity contribution is 6.09. The number of benzene rings is 16. The topological polar surface area (TPSA) is 70.0 Å². The van der Waals surface area contributed by atoms with Crippen molar-refractivity contribution in [2.45, 2.75) is 37.0 Å². The van der Waals surface area contributed by atoms with Crippen molar-refractivity contribution in [1.29, 1.82) is 0 Å². The van der Waals surface area contributed by atoms with Crippen LogP contribution in [0.5, 0.6) is 23.0 Å². The van der Waals surface area contributed by atoms with E-state index in [1.54, 1.807) is 0 Å². The second kappa shape index (κ2) is 28.0. The van der Waals surface area contributed by atoms with Gasteiger partial charge in [0.15, 0.2) is 11.6 Å². The third kappa shape index (κ3) is 11.2. The van der Waals surface area contributed by atoms with Gasteiger partial charge in [0.05, 0.1) is 33.6 Å². The zero-order chi connectivity index (χ0) is 79.9. The summed E-state index contributed by atoms with van der Waals surface area (Å²) in [6.07, 6.45) is 12.1. The first kappa shape index (κ1) is 70.0. The molecule has 6 nitrogen and oxygen atoms in total. The van der Waals surface area contributed by atoms with Crippen LogP contribution < -0.4 is 9.47 Å². The minimum Gasteiger partial charge on any atom is -0.457 e. The zero-order valence-corrected chi connectivity index (χ0v) is 66.4. The predicted octanol–water partition coefficient (Wildman–Crippen LogP) is 29.1. The lowest BCUT2D eigenvalue weighted by Gasteiger charge is -2.41.